The number of rotatable bonds is 9. The quantitative estimate of drug-likeness (QED) is 0.592. The predicted molar refractivity (Wildman–Crippen MR) is 68.5 cm³/mol. The van der Waals surface area contributed by atoms with E-state index in [9.17, 15) is 4.79 Å². The van der Waals surface area contributed by atoms with Crippen LogP contribution >= 0.6 is 11.3 Å². The van der Waals surface area contributed by atoms with Crippen molar-refractivity contribution in [2.75, 3.05) is 13.2 Å². The first-order chi connectivity index (χ1) is 8.24. The molecule has 0 aromatic carbocycles. The van der Waals surface area contributed by atoms with Crippen molar-refractivity contribution in [1.82, 2.24) is 5.32 Å². The van der Waals surface area contributed by atoms with E-state index in [4.69, 9.17) is 10.2 Å². The summed E-state index contributed by atoms with van der Waals surface area (Å²) in [7, 11) is 0. The van der Waals surface area contributed by atoms with E-state index in [-0.39, 0.29) is 6.61 Å². The molecule has 0 atom stereocenters. The summed E-state index contributed by atoms with van der Waals surface area (Å²) in [5.74, 6) is -0.864. The smallest absolute Gasteiger partial charge is 0.336 e. The molecule has 0 unspecified atom stereocenters. The zero-order chi connectivity index (χ0) is 12.5. The van der Waals surface area contributed by atoms with Crippen molar-refractivity contribution < 1.29 is 15.0 Å². The number of carbonyl (C=O) groups is 1. The molecule has 1 rings (SSSR count). The molecule has 4 nitrogen and oxygen atoms in total. The van der Waals surface area contributed by atoms with Crippen LogP contribution in [0.25, 0.3) is 0 Å². The number of hydrogen-bond acceptors (Lipinski definition) is 4. The lowest BCUT2D eigenvalue weighted by molar-refractivity contribution is 0.0697. The fourth-order valence-corrected chi connectivity index (χ4v) is 2.34. The van der Waals surface area contributed by atoms with E-state index in [1.165, 1.54) is 11.3 Å². The number of hydrogen-bond donors (Lipinski definition) is 3. The van der Waals surface area contributed by atoms with E-state index in [1.54, 1.807) is 11.4 Å². The average molecular weight is 257 g/mol. The Hall–Kier alpha value is -0.910. The first-order valence-electron chi connectivity index (χ1n) is 5.86. The molecule has 96 valence electrons. The van der Waals surface area contributed by atoms with Crippen LogP contribution in [-0.4, -0.2) is 29.3 Å². The van der Waals surface area contributed by atoms with Gasteiger partial charge in [-0.1, -0.05) is 12.8 Å². The lowest BCUT2D eigenvalue weighted by atomic mass is 10.2. The third-order valence-electron chi connectivity index (χ3n) is 2.46. The molecule has 0 saturated heterocycles. The number of nitrogens with one attached hydrogen (secondary N) is 1. The van der Waals surface area contributed by atoms with Crippen molar-refractivity contribution in [3.8, 4) is 0 Å². The molecule has 1 heterocycles. The number of carboxylic acids is 1. The molecule has 3 N–H and O–H groups in total. The second kappa shape index (κ2) is 8.22. The minimum absolute atomic E-state index is 0.278. The summed E-state index contributed by atoms with van der Waals surface area (Å²) in [6, 6.07) is 1.71. The van der Waals surface area contributed by atoms with E-state index >= 15 is 0 Å². The van der Waals surface area contributed by atoms with Gasteiger partial charge in [0.25, 0.3) is 0 Å². The maximum atomic E-state index is 10.7. The molecule has 0 aliphatic carbocycles. The van der Waals surface area contributed by atoms with Gasteiger partial charge in [0.15, 0.2) is 0 Å². The molecule has 0 aliphatic rings. The van der Waals surface area contributed by atoms with Gasteiger partial charge in [-0.05, 0) is 25.5 Å². The van der Waals surface area contributed by atoms with Crippen LogP contribution in [-0.2, 0) is 6.54 Å². The van der Waals surface area contributed by atoms with Crippen LogP contribution in [0.2, 0.25) is 0 Å². The molecule has 5 heteroatoms. The van der Waals surface area contributed by atoms with E-state index in [1.807, 2.05) is 0 Å². The van der Waals surface area contributed by atoms with E-state index in [0.717, 1.165) is 43.6 Å². The van der Waals surface area contributed by atoms with E-state index < -0.39 is 5.97 Å². The zero-order valence-electron chi connectivity index (χ0n) is 9.82. The molecule has 0 fully saturated rings. The molecular formula is C12H19NO3S. The first kappa shape index (κ1) is 14.2. The molecule has 0 saturated carbocycles. The Morgan fingerprint density at radius 2 is 2.06 bits per heavy atom. The van der Waals surface area contributed by atoms with Crippen LogP contribution in [0.1, 0.15) is 40.9 Å². The number of carboxylic acid groups (broad SMARTS) is 1. The van der Waals surface area contributed by atoms with Gasteiger partial charge in [-0.3, -0.25) is 0 Å². The summed E-state index contributed by atoms with van der Waals surface area (Å²) in [5, 5.41) is 22.3. The summed E-state index contributed by atoms with van der Waals surface area (Å²) in [4.78, 5) is 11.7. The van der Waals surface area contributed by atoms with Gasteiger partial charge < -0.3 is 15.5 Å². The molecule has 0 aliphatic heterocycles. The van der Waals surface area contributed by atoms with Gasteiger partial charge in [0, 0.05) is 23.4 Å². The van der Waals surface area contributed by atoms with Crippen molar-refractivity contribution in [2.24, 2.45) is 0 Å². The van der Waals surface area contributed by atoms with Crippen molar-refractivity contribution in [3.05, 3.63) is 21.9 Å². The van der Waals surface area contributed by atoms with Crippen LogP contribution in [0.4, 0.5) is 0 Å². The van der Waals surface area contributed by atoms with E-state index in [0.29, 0.717) is 5.56 Å². The van der Waals surface area contributed by atoms with Crippen molar-refractivity contribution >= 4 is 17.3 Å². The third kappa shape index (κ3) is 5.81. The Labute approximate surface area is 105 Å². The predicted octanol–water partition coefficient (Wildman–Crippen LogP) is 2.09. The fraction of sp³-hybridized carbons (Fsp3) is 0.583. The van der Waals surface area contributed by atoms with Crippen molar-refractivity contribution in [2.45, 2.75) is 32.2 Å². The Morgan fingerprint density at radius 1 is 1.29 bits per heavy atom. The van der Waals surface area contributed by atoms with E-state index in [2.05, 4.69) is 5.32 Å². The Balaban J connectivity index is 2.07. The third-order valence-corrected chi connectivity index (χ3v) is 3.40. The number of thiophene rings is 1. The largest absolute Gasteiger partial charge is 0.478 e. The highest BCUT2D eigenvalue weighted by Crippen LogP contribution is 2.14. The van der Waals surface area contributed by atoms with Crippen LogP contribution in [0.3, 0.4) is 0 Å². The Kier molecular flexibility index (Phi) is 6.84. The minimum atomic E-state index is -0.864. The van der Waals surface area contributed by atoms with Gasteiger partial charge in [0.05, 0.1) is 5.56 Å². The fourth-order valence-electron chi connectivity index (χ4n) is 1.51. The summed E-state index contributed by atoms with van der Waals surface area (Å²) in [6.07, 6.45) is 4.17. The van der Waals surface area contributed by atoms with Crippen LogP contribution in [0.15, 0.2) is 11.4 Å². The molecule has 0 spiro atoms. The lowest BCUT2D eigenvalue weighted by Crippen LogP contribution is -2.13. The Bertz CT molecular complexity index is 338. The lowest BCUT2D eigenvalue weighted by Gasteiger charge is -2.02. The van der Waals surface area contributed by atoms with Gasteiger partial charge in [-0.2, -0.15) is 0 Å². The molecule has 1 aromatic rings. The monoisotopic (exact) mass is 257 g/mol. The number of unbranched alkanes of at least 4 members (excludes halogenated alkanes) is 3. The van der Waals surface area contributed by atoms with Crippen LogP contribution < -0.4 is 5.32 Å². The summed E-state index contributed by atoms with van der Waals surface area (Å²) >= 11 is 1.47. The molecule has 17 heavy (non-hydrogen) atoms. The molecule has 0 bridgehead atoms. The molecule has 0 radical (unpaired) electrons. The highest BCUT2D eigenvalue weighted by atomic mass is 32.1. The second-order valence-electron chi connectivity index (χ2n) is 3.92. The second-order valence-corrected chi connectivity index (χ2v) is 4.92. The first-order valence-corrected chi connectivity index (χ1v) is 6.74. The number of aliphatic hydroxyl groups excluding tert-OH is 1. The topological polar surface area (TPSA) is 69.6 Å². The van der Waals surface area contributed by atoms with Gasteiger partial charge in [-0.25, -0.2) is 4.79 Å². The van der Waals surface area contributed by atoms with Crippen LogP contribution in [0, 0.1) is 0 Å². The van der Waals surface area contributed by atoms with Crippen LogP contribution in [0.5, 0.6) is 0 Å². The number of aliphatic hydroxyl groups is 1. The average Bonchev–Trinajstić information content (AvgIpc) is 2.77. The summed E-state index contributed by atoms with van der Waals surface area (Å²) in [5.41, 5.74) is 0.370. The van der Waals surface area contributed by atoms with Gasteiger partial charge in [-0.15, -0.1) is 11.3 Å². The minimum Gasteiger partial charge on any atom is -0.478 e. The van der Waals surface area contributed by atoms with Gasteiger partial charge >= 0.3 is 5.97 Å². The SMILES string of the molecule is O=C(O)c1csc(CNCCCCCCO)c1. The van der Waals surface area contributed by atoms with Gasteiger partial charge in [0.2, 0.25) is 0 Å². The van der Waals surface area contributed by atoms with Crippen molar-refractivity contribution in [3.63, 3.8) is 0 Å². The maximum Gasteiger partial charge on any atom is 0.336 e. The molecule has 1 aromatic heterocycles. The normalized spacial score (nSPS) is 10.6. The standard InChI is InChI=1S/C12H19NO3S/c14-6-4-2-1-3-5-13-8-11-7-10(9-17-11)12(15)16/h7,9,13-14H,1-6,8H2,(H,15,16). The Morgan fingerprint density at radius 3 is 2.71 bits per heavy atom. The zero-order valence-corrected chi connectivity index (χ0v) is 10.6. The summed E-state index contributed by atoms with van der Waals surface area (Å²) in [6.45, 7) is 1.95. The number of aromatic carboxylic acids is 1. The highest BCUT2D eigenvalue weighted by Gasteiger charge is 2.05. The van der Waals surface area contributed by atoms with Gasteiger partial charge in [0.1, 0.15) is 0 Å². The van der Waals surface area contributed by atoms with Crippen molar-refractivity contribution in [1.29, 1.82) is 0 Å². The highest BCUT2D eigenvalue weighted by molar-refractivity contribution is 7.10. The summed E-state index contributed by atoms with van der Waals surface area (Å²) < 4.78 is 0. The molecular weight excluding hydrogens is 238 g/mol. The molecule has 0 amide bonds. The maximum absolute atomic E-state index is 10.7.